The summed E-state index contributed by atoms with van der Waals surface area (Å²) in [6.07, 6.45) is 12.9. The topological polar surface area (TPSA) is 35.5 Å². The zero-order chi connectivity index (χ0) is 17.4. The van der Waals surface area contributed by atoms with Gasteiger partial charge in [0.2, 0.25) is 0 Å². The maximum Gasteiger partial charge on any atom is 0.311 e. The molecule has 5 rings (SSSR count). The van der Waals surface area contributed by atoms with Gasteiger partial charge in [0.1, 0.15) is 0 Å². The predicted octanol–water partition coefficient (Wildman–Crippen LogP) is 5.18. The zero-order valence-electron chi connectivity index (χ0n) is 16.2. The molecule has 0 aromatic carbocycles. The molecule has 0 aliphatic heterocycles. The number of carbonyl (C=O) groups is 1. The molecule has 5 saturated carbocycles. The Bertz CT molecular complexity index is 450. The van der Waals surface area contributed by atoms with E-state index in [0.29, 0.717) is 17.3 Å². The summed E-state index contributed by atoms with van der Waals surface area (Å²) in [5.41, 5.74) is 0.410. The van der Waals surface area contributed by atoms with Crippen molar-refractivity contribution in [3.05, 3.63) is 0 Å². The molecular formula is C22H36O3. The molecule has 4 bridgehead atoms. The van der Waals surface area contributed by atoms with E-state index in [1.165, 1.54) is 51.4 Å². The fourth-order valence-corrected chi connectivity index (χ4v) is 7.25. The summed E-state index contributed by atoms with van der Waals surface area (Å²) in [7, 11) is 0. The van der Waals surface area contributed by atoms with Crippen LogP contribution in [-0.4, -0.2) is 19.4 Å². The van der Waals surface area contributed by atoms with Crippen LogP contribution in [0.1, 0.15) is 78.1 Å². The first kappa shape index (κ1) is 17.8. The molecule has 5 aliphatic carbocycles. The normalized spacial score (nSPS) is 45.0. The fraction of sp³-hybridized carbons (Fsp3) is 0.955. The van der Waals surface area contributed by atoms with E-state index in [2.05, 4.69) is 13.8 Å². The van der Waals surface area contributed by atoms with Crippen LogP contribution < -0.4 is 0 Å². The van der Waals surface area contributed by atoms with Crippen molar-refractivity contribution >= 4 is 5.97 Å². The molecule has 3 nitrogen and oxygen atoms in total. The summed E-state index contributed by atoms with van der Waals surface area (Å²) >= 11 is 0. The number of hydrogen-bond donors (Lipinski definition) is 0. The first-order chi connectivity index (χ1) is 12.1. The van der Waals surface area contributed by atoms with Crippen LogP contribution in [0, 0.1) is 40.9 Å². The molecule has 3 unspecified atom stereocenters. The van der Waals surface area contributed by atoms with Crippen LogP contribution in [0.25, 0.3) is 0 Å². The van der Waals surface area contributed by atoms with Gasteiger partial charge < -0.3 is 9.47 Å². The second-order valence-corrected chi connectivity index (χ2v) is 9.87. The van der Waals surface area contributed by atoms with Crippen molar-refractivity contribution in [3.63, 3.8) is 0 Å². The lowest BCUT2D eigenvalue weighted by Crippen LogP contribution is -2.48. The van der Waals surface area contributed by atoms with Crippen molar-refractivity contribution in [1.29, 1.82) is 0 Å². The molecule has 3 atom stereocenters. The Morgan fingerprint density at radius 3 is 2.12 bits per heavy atom. The number of esters is 1. The van der Waals surface area contributed by atoms with Crippen LogP contribution in [0.3, 0.4) is 0 Å². The molecule has 0 aromatic heterocycles. The Balaban J connectivity index is 1.23. The van der Waals surface area contributed by atoms with E-state index in [-0.39, 0.29) is 18.7 Å². The van der Waals surface area contributed by atoms with Crippen molar-refractivity contribution in [3.8, 4) is 0 Å². The Hall–Kier alpha value is -0.570. The van der Waals surface area contributed by atoms with E-state index in [1.807, 2.05) is 0 Å². The molecule has 0 amide bonds. The largest absolute Gasteiger partial charge is 0.438 e. The number of rotatable bonds is 7. The minimum Gasteiger partial charge on any atom is -0.438 e. The van der Waals surface area contributed by atoms with Gasteiger partial charge in [-0.2, -0.15) is 0 Å². The fourth-order valence-electron chi connectivity index (χ4n) is 7.25. The Kier molecular flexibility index (Phi) is 5.14. The van der Waals surface area contributed by atoms with Crippen molar-refractivity contribution in [2.75, 3.05) is 13.4 Å². The van der Waals surface area contributed by atoms with E-state index in [0.717, 1.165) is 37.2 Å². The number of hydrogen-bond acceptors (Lipinski definition) is 3. The van der Waals surface area contributed by atoms with Gasteiger partial charge >= 0.3 is 5.97 Å². The smallest absolute Gasteiger partial charge is 0.311 e. The summed E-state index contributed by atoms with van der Waals surface area (Å²) in [5, 5.41) is 0. The van der Waals surface area contributed by atoms with E-state index in [1.54, 1.807) is 0 Å². The van der Waals surface area contributed by atoms with E-state index in [9.17, 15) is 4.79 Å². The SMILES string of the molecule is CCC1CC(CC)C(C(=O)OCOCC23CC4CC(CC(C4)C2)C3)C1. The highest BCUT2D eigenvalue weighted by Crippen LogP contribution is 2.60. The summed E-state index contributed by atoms with van der Waals surface area (Å²) in [5.74, 6) is 4.17. The zero-order valence-corrected chi connectivity index (χ0v) is 16.2. The van der Waals surface area contributed by atoms with Crippen molar-refractivity contribution in [2.45, 2.75) is 78.1 Å². The minimum atomic E-state index is -0.00619. The molecule has 0 radical (unpaired) electrons. The molecule has 0 saturated heterocycles. The standard InChI is InChI=1S/C22H36O3/c1-3-15-8-19(4-2)20(9-15)21(23)25-14-24-13-22-10-16-5-17(11-22)7-18(6-16)12-22/h15-20H,3-14H2,1-2H3. The van der Waals surface area contributed by atoms with Gasteiger partial charge in [0.05, 0.1) is 12.5 Å². The minimum absolute atomic E-state index is 0.00619. The molecule has 5 fully saturated rings. The lowest BCUT2D eigenvalue weighted by Gasteiger charge is -2.56. The Morgan fingerprint density at radius 1 is 0.920 bits per heavy atom. The molecular weight excluding hydrogens is 312 g/mol. The summed E-state index contributed by atoms with van der Waals surface area (Å²) < 4.78 is 11.5. The molecule has 3 heteroatoms. The highest BCUT2D eigenvalue weighted by Gasteiger charge is 2.51. The first-order valence-corrected chi connectivity index (χ1v) is 10.8. The number of carbonyl (C=O) groups excluding carboxylic acids is 1. The molecule has 0 N–H and O–H groups in total. The van der Waals surface area contributed by atoms with Gasteiger partial charge in [0, 0.05) is 0 Å². The maximum atomic E-state index is 12.5. The molecule has 0 heterocycles. The van der Waals surface area contributed by atoms with Gasteiger partial charge in [-0.05, 0) is 86.4 Å². The van der Waals surface area contributed by atoms with Crippen molar-refractivity contribution < 1.29 is 14.3 Å². The highest BCUT2D eigenvalue weighted by atomic mass is 16.7. The van der Waals surface area contributed by atoms with Crippen LogP contribution in [-0.2, 0) is 14.3 Å². The first-order valence-electron chi connectivity index (χ1n) is 10.8. The van der Waals surface area contributed by atoms with Crippen LogP contribution in [0.2, 0.25) is 0 Å². The summed E-state index contributed by atoms with van der Waals surface area (Å²) in [6, 6.07) is 0. The third-order valence-electron chi connectivity index (χ3n) is 8.05. The summed E-state index contributed by atoms with van der Waals surface area (Å²) in [4.78, 5) is 12.5. The lowest BCUT2D eigenvalue weighted by molar-refractivity contribution is -0.171. The van der Waals surface area contributed by atoms with Gasteiger partial charge in [-0.3, -0.25) is 4.79 Å². The third-order valence-corrected chi connectivity index (χ3v) is 8.05. The van der Waals surface area contributed by atoms with Crippen LogP contribution in [0.4, 0.5) is 0 Å². The molecule has 5 aliphatic rings. The van der Waals surface area contributed by atoms with E-state index >= 15 is 0 Å². The molecule has 0 aromatic rings. The van der Waals surface area contributed by atoms with E-state index in [4.69, 9.17) is 9.47 Å². The van der Waals surface area contributed by atoms with Gasteiger partial charge in [-0.25, -0.2) is 0 Å². The second-order valence-electron chi connectivity index (χ2n) is 9.87. The highest BCUT2D eigenvalue weighted by molar-refractivity contribution is 5.73. The predicted molar refractivity (Wildman–Crippen MR) is 97.8 cm³/mol. The average molecular weight is 349 g/mol. The van der Waals surface area contributed by atoms with Crippen LogP contribution in [0.15, 0.2) is 0 Å². The van der Waals surface area contributed by atoms with Gasteiger partial charge in [-0.15, -0.1) is 0 Å². The Morgan fingerprint density at radius 2 is 1.56 bits per heavy atom. The van der Waals surface area contributed by atoms with Gasteiger partial charge in [0.25, 0.3) is 0 Å². The van der Waals surface area contributed by atoms with Crippen molar-refractivity contribution in [1.82, 2.24) is 0 Å². The average Bonchev–Trinajstić information content (AvgIpc) is 3.01. The van der Waals surface area contributed by atoms with Gasteiger partial charge in [-0.1, -0.05) is 26.7 Å². The second kappa shape index (κ2) is 7.21. The molecule has 25 heavy (non-hydrogen) atoms. The lowest BCUT2D eigenvalue weighted by atomic mass is 9.50. The van der Waals surface area contributed by atoms with Crippen LogP contribution >= 0.6 is 0 Å². The third kappa shape index (κ3) is 3.63. The molecule has 142 valence electrons. The summed E-state index contributed by atoms with van der Waals surface area (Å²) in [6.45, 7) is 5.42. The van der Waals surface area contributed by atoms with Crippen LogP contribution in [0.5, 0.6) is 0 Å². The number of ether oxygens (including phenoxy) is 2. The van der Waals surface area contributed by atoms with Gasteiger partial charge in [0.15, 0.2) is 6.79 Å². The Labute approximate surface area is 153 Å². The monoisotopic (exact) mass is 348 g/mol. The molecule has 0 spiro atoms. The van der Waals surface area contributed by atoms with E-state index < -0.39 is 0 Å². The quantitative estimate of drug-likeness (QED) is 0.361. The maximum absolute atomic E-state index is 12.5. The van der Waals surface area contributed by atoms with Crippen molar-refractivity contribution in [2.24, 2.45) is 40.9 Å².